The maximum Gasteiger partial charge on any atom is 0.119 e. The van der Waals surface area contributed by atoms with Gasteiger partial charge in [-0.3, -0.25) is 0 Å². The molecule has 140 valence electrons. The van der Waals surface area contributed by atoms with E-state index in [1.165, 1.54) is 25.7 Å². The zero-order valence-electron chi connectivity index (χ0n) is 16.7. The average molecular weight is 359 g/mol. The van der Waals surface area contributed by atoms with Crippen molar-refractivity contribution in [2.24, 2.45) is 0 Å². The molecule has 27 heavy (non-hydrogen) atoms. The van der Waals surface area contributed by atoms with Crippen LogP contribution in [0.15, 0.2) is 48.5 Å². The van der Waals surface area contributed by atoms with Gasteiger partial charge in [-0.05, 0) is 61.4 Å². The van der Waals surface area contributed by atoms with Crippen molar-refractivity contribution in [3.8, 4) is 29.4 Å². The smallest absolute Gasteiger partial charge is 0.119 e. The third kappa shape index (κ3) is 8.52. The Balaban J connectivity index is 1.82. The Morgan fingerprint density at radius 3 is 1.78 bits per heavy atom. The summed E-state index contributed by atoms with van der Waals surface area (Å²) < 4.78 is 5.80. The molecule has 2 aromatic carbocycles. The lowest BCUT2D eigenvalue weighted by molar-refractivity contribution is 0.304. The van der Waals surface area contributed by atoms with Crippen LogP contribution in [-0.2, 0) is 0 Å². The Morgan fingerprint density at radius 2 is 1.19 bits per heavy atom. The monoisotopic (exact) mass is 358 g/mol. The van der Waals surface area contributed by atoms with Crippen molar-refractivity contribution in [1.29, 1.82) is 0 Å². The summed E-state index contributed by atoms with van der Waals surface area (Å²) in [4.78, 5) is 0. The standard InChI is InChI=1S/C26H30O/c1-3-5-7-8-10-22-27-26-20-18-25(19-21-26)17-16-24-14-12-23(13-15-24)11-9-6-4-2/h12-15,18-21H,3-8,10,22H2,1-2H3. The van der Waals surface area contributed by atoms with Gasteiger partial charge in [-0.15, -0.1) is 0 Å². The number of rotatable bonds is 8. The van der Waals surface area contributed by atoms with E-state index in [0.717, 1.165) is 48.3 Å². The minimum Gasteiger partial charge on any atom is -0.494 e. The Bertz CT molecular complexity index is 777. The number of benzene rings is 2. The molecule has 0 radical (unpaired) electrons. The van der Waals surface area contributed by atoms with Crippen LogP contribution in [0.5, 0.6) is 5.75 Å². The average Bonchev–Trinajstić information content (AvgIpc) is 2.71. The van der Waals surface area contributed by atoms with Crippen molar-refractivity contribution in [2.75, 3.05) is 6.61 Å². The molecule has 0 heterocycles. The summed E-state index contributed by atoms with van der Waals surface area (Å²) in [7, 11) is 0. The van der Waals surface area contributed by atoms with Crippen LogP contribution in [0, 0.1) is 23.7 Å². The zero-order chi connectivity index (χ0) is 19.2. The maximum absolute atomic E-state index is 5.80. The van der Waals surface area contributed by atoms with Crippen molar-refractivity contribution >= 4 is 0 Å². The molecule has 0 aliphatic rings. The highest BCUT2D eigenvalue weighted by Gasteiger charge is 1.95. The molecule has 2 rings (SSSR count). The van der Waals surface area contributed by atoms with Gasteiger partial charge in [0.2, 0.25) is 0 Å². The van der Waals surface area contributed by atoms with E-state index in [9.17, 15) is 0 Å². The van der Waals surface area contributed by atoms with Crippen LogP contribution in [0.1, 0.15) is 75.5 Å². The van der Waals surface area contributed by atoms with Gasteiger partial charge in [-0.2, -0.15) is 0 Å². The summed E-state index contributed by atoms with van der Waals surface area (Å²) in [5, 5.41) is 0. The summed E-state index contributed by atoms with van der Waals surface area (Å²) in [5.74, 6) is 13.7. The van der Waals surface area contributed by atoms with Crippen molar-refractivity contribution in [3.05, 3.63) is 65.2 Å². The lowest BCUT2D eigenvalue weighted by Gasteiger charge is -2.05. The largest absolute Gasteiger partial charge is 0.494 e. The van der Waals surface area contributed by atoms with Crippen LogP contribution < -0.4 is 4.74 Å². The van der Waals surface area contributed by atoms with Crippen LogP contribution in [0.4, 0.5) is 0 Å². The second-order valence-corrected chi connectivity index (χ2v) is 6.67. The van der Waals surface area contributed by atoms with E-state index in [1.807, 2.05) is 48.5 Å². The van der Waals surface area contributed by atoms with Crippen molar-refractivity contribution in [2.45, 2.75) is 58.8 Å². The highest BCUT2D eigenvalue weighted by molar-refractivity contribution is 5.46. The molecule has 0 unspecified atom stereocenters. The molecule has 0 fully saturated rings. The van der Waals surface area contributed by atoms with Gasteiger partial charge in [-0.1, -0.05) is 63.2 Å². The predicted octanol–water partition coefficient (Wildman–Crippen LogP) is 6.59. The van der Waals surface area contributed by atoms with Gasteiger partial charge in [0.1, 0.15) is 5.75 Å². The molecular weight excluding hydrogens is 328 g/mol. The Hall–Kier alpha value is -2.64. The zero-order valence-corrected chi connectivity index (χ0v) is 16.7. The van der Waals surface area contributed by atoms with Crippen molar-refractivity contribution in [3.63, 3.8) is 0 Å². The topological polar surface area (TPSA) is 9.23 Å². The van der Waals surface area contributed by atoms with Gasteiger partial charge in [0.25, 0.3) is 0 Å². The molecule has 0 saturated carbocycles. The van der Waals surface area contributed by atoms with E-state index in [-0.39, 0.29) is 0 Å². The quantitative estimate of drug-likeness (QED) is 0.382. The third-order valence-electron chi connectivity index (χ3n) is 4.21. The molecule has 1 nitrogen and oxygen atoms in total. The fourth-order valence-corrected chi connectivity index (χ4v) is 2.60. The fraction of sp³-hybridized carbons (Fsp3) is 0.385. The van der Waals surface area contributed by atoms with E-state index < -0.39 is 0 Å². The minimum atomic E-state index is 0.794. The molecule has 0 saturated heterocycles. The normalized spacial score (nSPS) is 9.70. The lowest BCUT2D eigenvalue weighted by Crippen LogP contribution is -1.97. The number of hydrogen-bond donors (Lipinski definition) is 0. The van der Waals surface area contributed by atoms with Crippen LogP contribution >= 0.6 is 0 Å². The molecule has 0 N–H and O–H groups in total. The second kappa shape index (κ2) is 12.7. The summed E-state index contributed by atoms with van der Waals surface area (Å²) in [5.41, 5.74) is 3.05. The van der Waals surface area contributed by atoms with Gasteiger partial charge in [0.05, 0.1) is 6.61 Å². The van der Waals surface area contributed by atoms with Gasteiger partial charge in [0, 0.05) is 23.1 Å². The highest BCUT2D eigenvalue weighted by atomic mass is 16.5. The first kappa shape index (κ1) is 20.7. The van der Waals surface area contributed by atoms with Gasteiger partial charge in [0.15, 0.2) is 0 Å². The summed E-state index contributed by atoms with van der Waals surface area (Å²) in [6.45, 7) is 5.17. The van der Waals surface area contributed by atoms with E-state index in [4.69, 9.17) is 4.74 Å². The molecule has 0 aromatic heterocycles. The SMILES string of the molecule is CCCC#Cc1ccc(C#Cc2ccc(OCCCCCCC)cc2)cc1. The lowest BCUT2D eigenvalue weighted by atomic mass is 10.1. The van der Waals surface area contributed by atoms with E-state index in [2.05, 4.69) is 37.5 Å². The third-order valence-corrected chi connectivity index (χ3v) is 4.21. The summed E-state index contributed by atoms with van der Waals surface area (Å²) in [6.07, 6.45) is 8.32. The van der Waals surface area contributed by atoms with Gasteiger partial charge in [-0.25, -0.2) is 0 Å². The second-order valence-electron chi connectivity index (χ2n) is 6.67. The number of ether oxygens (including phenoxy) is 1. The van der Waals surface area contributed by atoms with Crippen molar-refractivity contribution in [1.82, 2.24) is 0 Å². The molecular formula is C26H30O. The van der Waals surface area contributed by atoms with Crippen LogP contribution in [0.2, 0.25) is 0 Å². The molecule has 1 heteroatoms. The van der Waals surface area contributed by atoms with Crippen LogP contribution in [0.25, 0.3) is 0 Å². The number of unbranched alkanes of at least 4 members (excludes halogenated alkanes) is 5. The molecule has 0 bridgehead atoms. The first-order valence-corrected chi connectivity index (χ1v) is 10.2. The fourth-order valence-electron chi connectivity index (χ4n) is 2.60. The maximum atomic E-state index is 5.80. The molecule has 0 aliphatic carbocycles. The van der Waals surface area contributed by atoms with E-state index in [0.29, 0.717) is 0 Å². The van der Waals surface area contributed by atoms with Crippen molar-refractivity contribution < 1.29 is 4.74 Å². The molecule has 0 aliphatic heterocycles. The molecule has 0 spiro atoms. The van der Waals surface area contributed by atoms with Gasteiger partial charge >= 0.3 is 0 Å². The molecule has 0 atom stereocenters. The van der Waals surface area contributed by atoms with Gasteiger partial charge < -0.3 is 4.74 Å². The summed E-state index contributed by atoms with van der Waals surface area (Å²) in [6, 6.07) is 16.2. The summed E-state index contributed by atoms with van der Waals surface area (Å²) >= 11 is 0. The first-order chi connectivity index (χ1) is 13.3. The first-order valence-electron chi connectivity index (χ1n) is 10.2. The Labute approximate surface area is 165 Å². The minimum absolute atomic E-state index is 0.794. The van der Waals surface area contributed by atoms with Crippen LogP contribution in [-0.4, -0.2) is 6.61 Å². The number of hydrogen-bond acceptors (Lipinski definition) is 1. The van der Waals surface area contributed by atoms with Crippen LogP contribution in [0.3, 0.4) is 0 Å². The molecule has 2 aromatic rings. The van der Waals surface area contributed by atoms with E-state index >= 15 is 0 Å². The highest BCUT2D eigenvalue weighted by Crippen LogP contribution is 2.13. The van der Waals surface area contributed by atoms with E-state index in [1.54, 1.807) is 0 Å². The predicted molar refractivity (Wildman–Crippen MR) is 115 cm³/mol. The molecule has 0 amide bonds. The Morgan fingerprint density at radius 1 is 0.630 bits per heavy atom. The Kier molecular flexibility index (Phi) is 9.70.